The van der Waals surface area contributed by atoms with E-state index in [-0.39, 0.29) is 24.8 Å². The summed E-state index contributed by atoms with van der Waals surface area (Å²) in [5.41, 5.74) is 2.05. The smallest absolute Gasteiger partial charge is 0.457 e. The van der Waals surface area contributed by atoms with Gasteiger partial charge in [0.05, 0.1) is 6.10 Å². The fourth-order valence-corrected chi connectivity index (χ4v) is 4.20. The average molecular weight is 506 g/mol. The van der Waals surface area contributed by atoms with E-state index in [1.807, 2.05) is 36.1 Å². The van der Waals surface area contributed by atoms with Gasteiger partial charge in [0.15, 0.2) is 0 Å². The molecule has 1 aliphatic rings. The first-order valence-corrected chi connectivity index (χ1v) is 11.9. The Hall–Kier alpha value is -2.90. The number of aliphatic hydroxyl groups excluding tert-OH is 1. The van der Waals surface area contributed by atoms with E-state index in [1.165, 1.54) is 12.1 Å². The molecule has 0 saturated heterocycles. The average Bonchev–Trinajstić information content (AvgIpc) is 3.66. The summed E-state index contributed by atoms with van der Waals surface area (Å²) in [4.78, 5) is 1.85. The number of hydrogen-bond donors (Lipinski definition) is 1. The highest BCUT2D eigenvalue weighted by atomic mass is 35.5. The maximum Gasteiger partial charge on any atom is 0.573 e. The first-order chi connectivity index (χ1) is 16.7. The van der Waals surface area contributed by atoms with E-state index in [2.05, 4.69) is 4.74 Å². The molecule has 1 fully saturated rings. The molecule has 4 rings (SSSR count). The number of anilines is 1. The standard InChI is InChI=1S/C27H27ClF3NO3/c1-2-18-14-23(12-13-24(18)28)34-22-8-5-7-21(15-22)32(17-25(33)19-10-11-19)16-20-6-3-4-9-26(20)35-27(29,30)31/h3-9,12-15,19,25,33H,2,10-11,16-17H2,1H3. The molecule has 0 heterocycles. The number of aliphatic hydroxyl groups is 1. The Morgan fingerprint density at radius 3 is 2.46 bits per heavy atom. The summed E-state index contributed by atoms with van der Waals surface area (Å²) in [6, 6.07) is 18.8. The highest BCUT2D eigenvalue weighted by Gasteiger charge is 2.33. The molecule has 1 atom stereocenters. The lowest BCUT2D eigenvalue weighted by atomic mass is 10.1. The van der Waals surface area contributed by atoms with Gasteiger partial charge in [-0.25, -0.2) is 0 Å². The van der Waals surface area contributed by atoms with Gasteiger partial charge in [0, 0.05) is 35.4 Å². The van der Waals surface area contributed by atoms with Crippen LogP contribution >= 0.6 is 11.6 Å². The predicted molar refractivity (Wildman–Crippen MR) is 130 cm³/mol. The van der Waals surface area contributed by atoms with Crippen molar-refractivity contribution in [1.29, 1.82) is 0 Å². The second-order valence-electron chi connectivity index (χ2n) is 8.65. The number of aryl methyl sites for hydroxylation is 1. The first-order valence-electron chi connectivity index (χ1n) is 11.5. The van der Waals surface area contributed by atoms with Gasteiger partial charge in [0.25, 0.3) is 0 Å². The first kappa shape index (κ1) is 25.2. The summed E-state index contributed by atoms with van der Waals surface area (Å²) >= 11 is 6.21. The van der Waals surface area contributed by atoms with Gasteiger partial charge in [-0.3, -0.25) is 0 Å². The normalized spacial score (nSPS) is 14.5. The Labute approximate surface area is 207 Å². The SMILES string of the molecule is CCc1cc(Oc2cccc(N(Cc3ccccc3OC(F)(F)F)CC(O)C3CC3)c2)ccc1Cl. The number of nitrogens with zero attached hydrogens (tertiary/aromatic N) is 1. The van der Waals surface area contributed by atoms with Crippen molar-refractivity contribution in [3.8, 4) is 17.2 Å². The van der Waals surface area contributed by atoms with E-state index in [0.717, 1.165) is 24.8 Å². The molecule has 0 amide bonds. The number of para-hydroxylation sites is 1. The van der Waals surface area contributed by atoms with Crippen molar-refractivity contribution in [2.45, 2.75) is 45.2 Å². The molecule has 3 aromatic carbocycles. The Bertz CT molecular complexity index is 1150. The highest BCUT2D eigenvalue weighted by Crippen LogP contribution is 2.36. The lowest BCUT2D eigenvalue weighted by Gasteiger charge is -2.29. The zero-order valence-corrected chi connectivity index (χ0v) is 20.0. The molecule has 1 aliphatic carbocycles. The van der Waals surface area contributed by atoms with Crippen LogP contribution < -0.4 is 14.4 Å². The number of ether oxygens (including phenoxy) is 2. The number of rotatable bonds is 10. The molecule has 1 saturated carbocycles. The maximum atomic E-state index is 12.9. The van der Waals surface area contributed by atoms with Gasteiger partial charge in [-0.15, -0.1) is 13.2 Å². The summed E-state index contributed by atoms with van der Waals surface area (Å²) in [6.07, 6.45) is -2.72. The van der Waals surface area contributed by atoms with Crippen LogP contribution in [0.2, 0.25) is 5.02 Å². The molecule has 186 valence electrons. The molecule has 0 aliphatic heterocycles. The summed E-state index contributed by atoms with van der Waals surface area (Å²) in [5.74, 6) is 1.15. The zero-order chi connectivity index (χ0) is 25.0. The van der Waals surface area contributed by atoms with Gasteiger partial charge in [0.1, 0.15) is 17.2 Å². The summed E-state index contributed by atoms with van der Waals surface area (Å²) < 4.78 is 49.1. The van der Waals surface area contributed by atoms with Gasteiger partial charge >= 0.3 is 6.36 Å². The van der Waals surface area contributed by atoms with Crippen molar-refractivity contribution in [1.82, 2.24) is 0 Å². The second kappa shape index (κ2) is 10.8. The number of halogens is 4. The molecule has 0 radical (unpaired) electrons. The van der Waals surface area contributed by atoms with Crippen molar-refractivity contribution < 1.29 is 27.8 Å². The van der Waals surface area contributed by atoms with Crippen LogP contribution in [0.15, 0.2) is 66.7 Å². The van der Waals surface area contributed by atoms with E-state index < -0.39 is 12.5 Å². The topological polar surface area (TPSA) is 41.9 Å². The van der Waals surface area contributed by atoms with Crippen molar-refractivity contribution in [2.24, 2.45) is 5.92 Å². The second-order valence-corrected chi connectivity index (χ2v) is 9.05. The molecule has 35 heavy (non-hydrogen) atoms. The van der Waals surface area contributed by atoms with E-state index in [9.17, 15) is 18.3 Å². The van der Waals surface area contributed by atoms with Crippen molar-refractivity contribution >= 4 is 17.3 Å². The summed E-state index contributed by atoms with van der Waals surface area (Å²) in [7, 11) is 0. The van der Waals surface area contributed by atoms with E-state index in [1.54, 1.807) is 30.3 Å². The minimum absolute atomic E-state index is 0.125. The Balaban J connectivity index is 1.60. The van der Waals surface area contributed by atoms with Crippen LogP contribution in [0.25, 0.3) is 0 Å². The van der Waals surface area contributed by atoms with Crippen molar-refractivity contribution in [3.63, 3.8) is 0 Å². The van der Waals surface area contributed by atoms with E-state index in [4.69, 9.17) is 16.3 Å². The fourth-order valence-electron chi connectivity index (χ4n) is 3.95. The third kappa shape index (κ3) is 7.05. The lowest BCUT2D eigenvalue weighted by molar-refractivity contribution is -0.274. The molecule has 8 heteroatoms. The third-order valence-corrected chi connectivity index (χ3v) is 6.32. The van der Waals surface area contributed by atoms with Crippen LogP contribution in [0.3, 0.4) is 0 Å². The Morgan fingerprint density at radius 2 is 1.74 bits per heavy atom. The van der Waals surface area contributed by atoms with Gasteiger partial charge < -0.3 is 19.5 Å². The summed E-state index contributed by atoms with van der Waals surface area (Å²) in [5, 5.41) is 11.3. The minimum Gasteiger partial charge on any atom is -0.457 e. The van der Waals surface area contributed by atoms with E-state index in [0.29, 0.717) is 27.8 Å². The van der Waals surface area contributed by atoms with Crippen molar-refractivity contribution in [2.75, 3.05) is 11.4 Å². The van der Waals surface area contributed by atoms with Crippen molar-refractivity contribution in [3.05, 3.63) is 82.9 Å². The van der Waals surface area contributed by atoms with Crippen LogP contribution in [0, 0.1) is 5.92 Å². The Kier molecular flexibility index (Phi) is 7.77. The highest BCUT2D eigenvalue weighted by molar-refractivity contribution is 6.31. The molecule has 1 N–H and O–H groups in total. The molecular weight excluding hydrogens is 479 g/mol. The van der Waals surface area contributed by atoms with Crippen LogP contribution in [0.5, 0.6) is 17.2 Å². The molecular formula is C27H27ClF3NO3. The van der Waals surface area contributed by atoms with Gasteiger partial charge in [-0.05, 0) is 67.1 Å². The third-order valence-electron chi connectivity index (χ3n) is 5.95. The Morgan fingerprint density at radius 1 is 1.00 bits per heavy atom. The lowest BCUT2D eigenvalue weighted by Crippen LogP contribution is -2.33. The van der Waals surface area contributed by atoms with Crippen LogP contribution in [-0.4, -0.2) is 24.1 Å². The molecule has 1 unspecified atom stereocenters. The van der Waals surface area contributed by atoms with Crippen LogP contribution in [0.4, 0.5) is 18.9 Å². The molecule has 0 bridgehead atoms. The van der Waals surface area contributed by atoms with E-state index >= 15 is 0 Å². The minimum atomic E-state index is -4.79. The zero-order valence-electron chi connectivity index (χ0n) is 19.3. The van der Waals surface area contributed by atoms with Gasteiger partial charge in [0.2, 0.25) is 0 Å². The molecule has 0 aromatic heterocycles. The van der Waals surface area contributed by atoms with Gasteiger partial charge in [-0.1, -0.05) is 42.8 Å². The molecule has 4 nitrogen and oxygen atoms in total. The van der Waals surface area contributed by atoms with Crippen LogP contribution in [0.1, 0.15) is 30.9 Å². The number of alkyl halides is 3. The predicted octanol–water partition coefficient (Wildman–Crippen LogP) is 7.37. The summed E-state index contributed by atoms with van der Waals surface area (Å²) in [6.45, 7) is 2.41. The van der Waals surface area contributed by atoms with Gasteiger partial charge in [-0.2, -0.15) is 0 Å². The largest absolute Gasteiger partial charge is 0.573 e. The maximum absolute atomic E-state index is 12.9. The monoisotopic (exact) mass is 505 g/mol. The number of hydrogen-bond acceptors (Lipinski definition) is 4. The molecule has 3 aromatic rings. The molecule has 0 spiro atoms. The van der Waals surface area contributed by atoms with Crippen LogP contribution in [-0.2, 0) is 13.0 Å². The fraction of sp³-hybridized carbons (Fsp3) is 0.333. The quantitative estimate of drug-likeness (QED) is 0.312. The number of benzene rings is 3.